The van der Waals surface area contributed by atoms with Crippen LogP contribution in [0, 0.1) is 0 Å². The van der Waals surface area contributed by atoms with Crippen LogP contribution in [0.3, 0.4) is 0 Å². The Kier molecular flexibility index (Phi) is 7.12. The van der Waals surface area contributed by atoms with Crippen LogP contribution in [0.5, 0.6) is 0 Å². The fourth-order valence-electron chi connectivity index (χ4n) is 5.19. The molecule has 0 bridgehead atoms. The topological polar surface area (TPSA) is 0 Å². The molecule has 1 aromatic rings. The lowest BCUT2D eigenvalue weighted by Gasteiger charge is -2.35. The summed E-state index contributed by atoms with van der Waals surface area (Å²) in [6.07, 6.45) is 17.3. The van der Waals surface area contributed by atoms with E-state index in [1.807, 2.05) is 0 Å². The van der Waals surface area contributed by atoms with Crippen molar-refractivity contribution < 1.29 is 0 Å². The summed E-state index contributed by atoms with van der Waals surface area (Å²) in [7, 11) is 12.6. The second-order valence-electron chi connectivity index (χ2n) is 8.62. The van der Waals surface area contributed by atoms with Crippen LogP contribution < -0.4 is 5.46 Å². The molecule has 4 radical (unpaired) electrons. The van der Waals surface area contributed by atoms with Gasteiger partial charge in [-0.3, -0.25) is 0 Å². The van der Waals surface area contributed by atoms with Crippen LogP contribution in [0.1, 0.15) is 102 Å². The van der Waals surface area contributed by atoms with Gasteiger partial charge in [-0.15, -0.1) is 5.47 Å². The molecule has 2 aliphatic rings. The minimum Gasteiger partial charge on any atom is -0.117 e. The maximum Gasteiger partial charge on any atom is 0.113 e. The van der Waals surface area contributed by atoms with E-state index in [-0.39, 0.29) is 5.41 Å². The van der Waals surface area contributed by atoms with Crippen molar-refractivity contribution >= 4 is 26.7 Å². The number of hydrogen-bond donors (Lipinski definition) is 0. The third-order valence-corrected chi connectivity index (χ3v) is 6.63. The van der Waals surface area contributed by atoms with Crippen LogP contribution >= 0.6 is 0 Å². The van der Waals surface area contributed by atoms with Gasteiger partial charge in [0.1, 0.15) is 15.7 Å². The second-order valence-corrected chi connectivity index (χ2v) is 8.62. The van der Waals surface area contributed by atoms with E-state index in [0.717, 1.165) is 23.8 Å². The zero-order valence-corrected chi connectivity index (χ0v) is 17.4. The van der Waals surface area contributed by atoms with Crippen molar-refractivity contribution in [2.24, 2.45) is 0 Å². The highest BCUT2D eigenvalue weighted by Gasteiger charge is 2.43. The van der Waals surface area contributed by atoms with E-state index in [2.05, 4.69) is 38.1 Å². The zero-order valence-electron chi connectivity index (χ0n) is 17.4. The number of fused-ring (bicyclic) bond motifs is 2. The lowest BCUT2D eigenvalue weighted by atomic mass is 9.67. The van der Waals surface area contributed by atoms with Gasteiger partial charge in [0.2, 0.25) is 0 Å². The Morgan fingerprint density at radius 1 is 0.852 bits per heavy atom. The molecule has 0 spiro atoms. The van der Waals surface area contributed by atoms with E-state index >= 15 is 0 Å². The Labute approximate surface area is 169 Å². The first kappa shape index (κ1) is 20.6. The first-order chi connectivity index (χ1) is 13.1. The van der Waals surface area contributed by atoms with Crippen molar-refractivity contribution in [1.82, 2.24) is 0 Å². The Morgan fingerprint density at radius 2 is 1.52 bits per heavy atom. The molecule has 0 heterocycles. The minimum atomic E-state index is 0.132. The van der Waals surface area contributed by atoms with Crippen molar-refractivity contribution in [2.45, 2.75) is 96.3 Å². The van der Waals surface area contributed by atoms with Crippen LogP contribution in [0.2, 0.25) is 0 Å². The van der Waals surface area contributed by atoms with Gasteiger partial charge in [0.05, 0.1) is 0 Å². The average molecular weight is 356 g/mol. The molecule has 2 aliphatic carbocycles. The van der Waals surface area contributed by atoms with Crippen molar-refractivity contribution in [3.63, 3.8) is 0 Å². The lowest BCUT2D eigenvalue weighted by molar-refractivity contribution is 0.397. The quantitative estimate of drug-likeness (QED) is 0.342. The molecule has 2 heteroatoms. The monoisotopic (exact) mass is 356 g/mol. The van der Waals surface area contributed by atoms with E-state index in [9.17, 15) is 0 Å². The highest BCUT2D eigenvalue weighted by atomic mass is 14.5. The van der Waals surface area contributed by atoms with Crippen LogP contribution in [0.25, 0.3) is 5.57 Å². The van der Waals surface area contributed by atoms with Crippen LogP contribution in [0.15, 0.2) is 35.3 Å². The maximum absolute atomic E-state index is 6.33. The Bertz CT molecular complexity index is 699. The van der Waals surface area contributed by atoms with E-state index in [0.29, 0.717) is 0 Å². The Morgan fingerprint density at radius 3 is 2.15 bits per heavy atom. The van der Waals surface area contributed by atoms with Crippen molar-refractivity contribution in [2.75, 3.05) is 0 Å². The van der Waals surface area contributed by atoms with Gasteiger partial charge in [-0.25, -0.2) is 0 Å². The molecule has 0 fully saturated rings. The van der Waals surface area contributed by atoms with Gasteiger partial charge in [-0.05, 0) is 48.0 Å². The van der Waals surface area contributed by atoms with Gasteiger partial charge in [0.25, 0.3) is 0 Å². The molecular formula is C25H34B2. The summed E-state index contributed by atoms with van der Waals surface area (Å²) in [5.41, 5.74) is 8.11. The molecule has 0 atom stereocenters. The van der Waals surface area contributed by atoms with Gasteiger partial charge in [0, 0.05) is 5.41 Å². The van der Waals surface area contributed by atoms with Crippen LogP contribution in [-0.4, -0.2) is 15.7 Å². The van der Waals surface area contributed by atoms with E-state index < -0.39 is 0 Å². The molecule has 0 saturated carbocycles. The van der Waals surface area contributed by atoms with Gasteiger partial charge in [0.15, 0.2) is 0 Å². The summed E-state index contributed by atoms with van der Waals surface area (Å²) in [5, 5.41) is 0. The first-order valence-corrected chi connectivity index (χ1v) is 11.2. The molecule has 0 saturated heterocycles. The Balaban J connectivity index is 1.99. The average Bonchev–Trinajstić information content (AvgIpc) is 2.92. The molecule has 0 amide bonds. The SMILES string of the molecule is [B]C1=CC2=C(CC1)c1ccc([B])cc1C2(CCCCCC)CCCCCC. The van der Waals surface area contributed by atoms with E-state index in [4.69, 9.17) is 15.7 Å². The molecule has 0 aromatic heterocycles. The fourth-order valence-corrected chi connectivity index (χ4v) is 5.19. The predicted molar refractivity (Wildman–Crippen MR) is 121 cm³/mol. The summed E-state index contributed by atoms with van der Waals surface area (Å²) >= 11 is 0. The summed E-state index contributed by atoms with van der Waals surface area (Å²) in [6.45, 7) is 4.58. The summed E-state index contributed by atoms with van der Waals surface area (Å²) in [6, 6.07) is 6.63. The highest BCUT2D eigenvalue weighted by Crippen LogP contribution is 2.55. The predicted octanol–water partition coefficient (Wildman–Crippen LogP) is 6.27. The third-order valence-electron chi connectivity index (χ3n) is 6.63. The van der Waals surface area contributed by atoms with Crippen molar-refractivity contribution in [1.29, 1.82) is 0 Å². The van der Waals surface area contributed by atoms with E-state index in [1.165, 1.54) is 80.9 Å². The smallest absolute Gasteiger partial charge is 0.113 e. The van der Waals surface area contributed by atoms with Gasteiger partial charge >= 0.3 is 0 Å². The molecule has 3 rings (SSSR count). The van der Waals surface area contributed by atoms with Crippen molar-refractivity contribution in [3.8, 4) is 0 Å². The molecule has 0 aliphatic heterocycles. The summed E-state index contributed by atoms with van der Waals surface area (Å²) < 4.78 is 0. The molecule has 0 unspecified atom stereocenters. The Hall–Kier alpha value is -1.17. The largest absolute Gasteiger partial charge is 0.117 e. The number of unbranched alkanes of at least 4 members (excludes halogenated alkanes) is 6. The zero-order chi connectivity index (χ0) is 19.3. The highest BCUT2D eigenvalue weighted by molar-refractivity contribution is 6.32. The second kappa shape index (κ2) is 9.35. The number of rotatable bonds is 10. The normalized spacial score (nSPS) is 17.6. The molecule has 140 valence electrons. The van der Waals surface area contributed by atoms with Gasteiger partial charge in [-0.1, -0.05) is 95.0 Å². The number of allylic oxidation sites excluding steroid dienone is 4. The van der Waals surface area contributed by atoms with Crippen molar-refractivity contribution in [3.05, 3.63) is 46.4 Å². The molecule has 27 heavy (non-hydrogen) atoms. The summed E-state index contributed by atoms with van der Waals surface area (Å²) in [5.74, 6) is 0. The van der Waals surface area contributed by atoms with Gasteiger partial charge in [-0.2, -0.15) is 0 Å². The van der Waals surface area contributed by atoms with Crippen LogP contribution in [-0.2, 0) is 5.41 Å². The molecule has 1 aromatic carbocycles. The van der Waals surface area contributed by atoms with Gasteiger partial charge < -0.3 is 0 Å². The number of hydrogen-bond acceptors (Lipinski definition) is 0. The standard InChI is InChI=1S/C25H34B2/c1-3-5-7-9-15-25(16-10-8-6-4-2)23-17-19(26)11-13-21(23)22-14-12-20(27)18-24(22)25/h11,13,17-18H,3-10,12,14-16H2,1-2H3. The lowest BCUT2D eigenvalue weighted by Crippen LogP contribution is -2.28. The third kappa shape index (κ3) is 4.30. The first-order valence-electron chi connectivity index (χ1n) is 11.2. The molecular weight excluding hydrogens is 322 g/mol. The summed E-state index contributed by atoms with van der Waals surface area (Å²) in [4.78, 5) is 0. The van der Waals surface area contributed by atoms with Crippen LogP contribution in [0.4, 0.5) is 0 Å². The number of benzene rings is 1. The maximum atomic E-state index is 6.33. The minimum absolute atomic E-state index is 0.132. The van der Waals surface area contributed by atoms with E-state index in [1.54, 1.807) is 5.57 Å². The fraction of sp³-hybridized carbons (Fsp3) is 0.600. The molecule has 0 nitrogen and oxygen atoms in total. The molecule has 0 N–H and O–H groups in total.